The molecule has 1 atom stereocenters. The highest BCUT2D eigenvalue weighted by Gasteiger charge is 2.27. The van der Waals surface area contributed by atoms with Crippen LogP contribution in [0.3, 0.4) is 0 Å². The van der Waals surface area contributed by atoms with Gasteiger partial charge in [-0.3, -0.25) is 9.79 Å². The molecule has 0 bridgehead atoms. The molecule has 0 aromatic heterocycles. The Morgan fingerprint density at radius 3 is 2.73 bits per heavy atom. The van der Waals surface area contributed by atoms with Crippen molar-refractivity contribution in [2.24, 2.45) is 16.6 Å². The van der Waals surface area contributed by atoms with E-state index in [2.05, 4.69) is 35.1 Å². The van der Waals surface area contributed by atoms with Crippen LogP contribution in [-0.2, 0) is 10.2 Å². The van der Waals surface area contributed by atoms with Crippen LogP contribution >= 0.6 is 35.6 Å². The first-order valence-electron chi connectivity index (χ1n) is 8.82. The normalized spacial score (nSPS) is 18.2. The Morgan fingerprint density at radius 2 is 2.12 bits per heavy atom. The van der Waals surface area contributed by atoms with Crippen molar-refractivity contribution in [1.82, 2.24) is 10.2 Å². The quantitative estimate of drug-likeness (QED) is 0.376. The molecule has 0 radical (unpaired) electrons. The zero-order valence-corrected chi connectivity index (χ0v) is 18.9. The molecule has 1 fully saturated rings. The molecule has 0 aliphatic carbocycles. The summed E-state index contributed by atoms with van der Waals surface area (Å²) in [5, 5.41) is 4.26. The average molecular weight is 493 g/mol. The predicted molar refractivity (Wildman–Crippen MR) is 119 cm³/mol. The van der Waals surface area contributed by atoms with E-state index < -0.39 is 0 Å². The molecule has 1 aromatic carbocycles. The van der Waals surface area contributed by atoms with Gasteiger partial charge in [0.1, 0.15) is 0 Å². The van der Waals surface area contributed by atoms with Gasteiger partial charge >= 0.3 is 0 Å². The minimum atomic E-state index is -0.227. The number of guanidine groups is 1. The first-order chi connectivity index (χ1) is 11.8. The van der Waals surface area contributed by atoms with E-state index >= 15 is 0 Å². The van der Waals surface area contributed by atoms with Crippen LogP contribution in [0.5, 0.6) is 0 Å². The van der Waals surface area contributed by atoms with Gasteiger partial charge in [0.25, 0.3) is 0 Å². The standard InChI is InChI=1S/C19H29ClN4O.HI/c1-19(2,15-8-4-5-9-16(15)20)13-23-18(22-3)24-10-6-7-14(12-24)11-17(21)25;/h4-5,8-9,14H,6-7,10-13H2,1-3H3,(H2,21,25)(H,22,23);1H. The fourth-order valence-corrected chi connectivity index (χ4v) is 3.84. The number of benzene rings is 1. The van der Waals surface area contributed by atoms with Crippen LogP contribution in [-0.4, -0.2) is 43.4 Å². The molecular weight excluding hydrogens is 463 g/mol. The summed E-state index contributed by atoms with van der Waals surface area (Å²) in [5.74, 6) is 0.949. The van der Waals surface area contributed by atoms with E-state index in [1.54, 1.807) is 7.05 Å². The molecule has 1 aliphatic rings. The third-order valence-electron chi connectivity index (χ3n) is 4.81. The van der Waals surface area contributed by atoms with Crippen LogP contribution in [0.2, 0.25) is 5.02 Å². The van der Waals surface area contributed by atoms with Crippen molar-refractivity contribution in [3.05, 3.63) is 34.9 Å². The van der Waals surface area contributed by atoms with Crippen LogP contribution in [0.4, 0.5) is 0 Å². The molecular formula is C19H30ClIN4O. The van der Waals surface area contributed by atoms with E-state index in [9.17, 15) is 4.79 Å². The number of nitrogens with two attached hydrogens (primary N) is 1. The van der Waals surface area contributed by atoms with Crippen LogP contribution in [0, 0.1) is 5.92 Å². The molecule has 26 heavy (non-hydrogen) atoms. The van der Waals surface area contributed by atoms with Gasteiger partial charge in [-0.05, 0) is 30.4 Å². The lowest BCUT2D eigenvalue weighted by Gasteiger charge is -2.36. The van der Waals surface area contributed by atoms with Crippen LogP contribution in [0.15, 0.2) is 29.3 Å². The number of amides is 1. The molecule has 0 spiro atoms. The zero-order chi connectivity index (χ0) is 18.4. The van der Waals surface area contributed by atoms with Crippen molar-refractivity contribution in [3.8, 4) is 0 Å². The molecule has 7 heteroatoms. The Morgan fingerprint density at radius 1 is 1.42 bits per heavy atom. The summed E-state index contributed by atoms with van der Waals surface area (Å²) in [6, 6.07) is 7.95. The van der Waals surface area contributed by atoms with Crippen molar-refractivity contribution >= 4 is 47.4 Å². The molecule has 1 saturated heterocycles. The minimum absolute atomic E-state index is 0. The number of rotatable bonds is 5. The van der Waals surface area contributed by atoms with E-state index in [0.717, 1.165) is 49.0 Å². The first-order valence-corrected chi connectivity index (χ1v) is 9.20. The van der Waals surface area contributed by atoms with Gasteiger partial charge in [-0.2, -0.15) is 0 Å². The summed E-state index contributed by atoms with van der Waals surface area (Å²) in [6.07, 6.45) is 2.53. The van der Waals surface area contributed by atoms with Crippen molar-refractivity contribution in [2.45, 2.75) is 38.5 Å². The number of primary amides is 1. The molecule has 1 amide bonds. The fraction of sp³-hybridized carbons (Fsp3) is 0.579. The number of aliphatic imine (C=N–C) groups is 1. The maximum absolute atomic E-state index is 11.2. The molecule has 146 valence electrons. The van der Waals surface area contributed by atoms with Crippen LogP contribution < -0.4 is 11.1 Å². The number of piperidine rings is 1. The Bertz CT molecular complexity index is 636. The van der Waals surface area contributed by atoms with Gasteiger partial charge in [-0.15, -0.1) is 24.0 Å². The number of likely N-dealkylation sites (tertiary alicyclic amines) is 1. The van der Waals surface area contributed by atoms with Crippen molar-refractivity contribution < 1.29 is 4.79 Å². The number of hydrogen-bond acceptors (Lipinski definition) is 2. The summed E-state index contributed by atoms with van der Waals surface area (Å²) in [7, 11) is 1.79. The third kappa shape index (κ3) is 6.30. The second kappa shape index (κ2) is 10.3. The van der Waals surface area contributed by atoms with E-state index in [4.69, 9.17) is 17.3 Å². The summed E-state index contributed by atoms with van der Waals surface area (Å²) in [5.41, 5.74) is 6.34. The molecule has 2 rings (SSSR count). The lowest BCUT2D eigenvalue weighted by Crippen LogP contribution is -2.49. The van der Waals surface area contributed by atoms with Gasteiger partial charge in [-0.25, -0.2) is 0 Å². The number of nitrogens with zero attached hydrogens (tertiary/aromatic N) is 2. The number of carbonyl (C=O) groups is 1. The second-order valence-corrected chi connectivity index (χ2v) is 7.80. The average Bonchev–Trinajstić information content (AvgIpc) is 2.55. The molecule has 1 aromatic rings. The Hall–Kier alpha value is -1.02. The maximum Gasteiger partial charge on any atom is 0.217 e. The molecule has 3 N–H and O–H groups in total. The molecule has 5 nitrogen and oxygen atoms in total. The number of hydrogen-bond donors (Lipinski definition) is 2. The summed E-state index contributed by atoms with van der Waals surface area (Å²) < 4.78 is 0. The summed E-state index contributed by atoms with van der Waals surface area (Å²) in [6.45, 7) is 6.82. The topological polar surface area (TPSA) is 70.7 Å². The minimum Gasteiger partial charge on any atom is -0.370 e. The highest BCUT2D eigenvalue weighted by Crippen LogP contribution is 2.29. The van der Waals surface area contributed by atoms with Gasteiger partial charge in [0.2, 0.25) is 5.91 Å². The summed E-state index contributed by atoms with van der Waals surface area (Å²) in [4.78, 5) is 17.9. The SMILES string of the molecule is CN=C(NCC(C)(C)c1ccccc1Cl)N1CCCC(CC(N)=O)C1.I. The van der Waals surface area contributed by atoms with E-state index in [1.807, 2.05) is 18.2 Å². The highest BCUT2D eigenvalue weighted by molar-refractivity contribution is 14.0. The van der Waals surface area contributed by atoms with Gasteiger partial charge in [0, 0.05) is 43.5 Å². The van der Waals surface area contributed by atoms with Gasteiger partial charge in [0.05, 0.1) is 0 Å². The Labute approximate surface area is 178 Å². The first kappa shape index (κ1) is 23.0. The van der Waals surface area contributed by atoms with Crippen molar-refractivity contribution in [2.75, 3.05) is 26.7 Å². The molecule has 1 unspecified atom stereocenters. The Kier molecular flexibility index (Phi) is 9.16. The van der Waals surface area contributed by atoms with Gasteiger partial charge in [0.15, 0.2) is 5.96 Å². The van der Waals surface area contributed by atoms with E-state index in [0.29, 0.717) is 12.3 Å². The molecule has 1 heterocycles. The number of nitrogens with one attached hydrogen (secondary N) is 1. The van der Waals surface area contributed by atoms with Gasteiger partial charge < -0.3 is 16.0 Å². The Balaban J connectivity index is 0.00000338. The van der Waals surface area contributed by atoms with Gasteiger partial charge in [-0.1, -0.05) is 43.6 Å². The lowest BCUT2D eigenvalue weighted by atomic mass is 9.84. The van der Waals surface area contributed by atoms with Crippen molar-refractivity contribution in [1.29, 1.82) is 0 Å². The predicted octanol–water partition coefficient (Wildman–Crippen LogP) is 3.40. The van der Waals surface area contributed by atoms with E-state index in [1.165, 1.54) is 0 Å². The zero-order valence-electron chi connectivity index (χ0n) is 15.8. The third-order valence-corrected chi connectivity index (χ3v) is 5.14. The van der Waals surface area contributed by atoms with Crippen LogP contribution in [0.1, 0.15) is 38.7 Å². The number of carbonyl (C=O) groups excluding carboxylic acids is 1. The molecule has 0 saturated carbocycles. The largest absolute Gasteiger partial charge is 0.370 e. The second-order valence-electron chi connectivity index (χ2n) is 7.39. The van der Waals surface area contributed by atoms with E-state index in [-0.39, 0.29) is 35.3 Å². The molecule has 1 aliphatic heterocycles. The fourth-order valence-electron chi connectivity index (χ4n) is 3.45. The van der Waals surface area contributed by atoms with Crippen LogP contribution in [0.25, 0.3) is 0 Å². The lowest BCUT2D eigenvalue weighted by molar-refractivity contribution is -0.119. The number of halogens is 2. The summed E-state index contributed by atoms with van der Waals surface area (Å²) >= 11 is 6.36. The smallest absolute Gasteiger partial charge is 0.217 e. The van der Waals surface area contributed by atoms with Crippen molar-refractivity contribution in [3.63, 3.8) is 0 Å². The maximum atomic E-state index is 11.2. The monoisotopic (exact) mass is 492 g/mol. The highest BCUT2D eigenvalue weighted by atomic mass is 127.